The number of piperidine rings is 1. The number of rotatable bonds is 5. The van der Waals surface area contributed by atoms with Crippen LogP contribution in [0.2, 0.25) is 0 Å². The summed E-state index contributed by atoms with van der Waals surface area (Å²) in [7, 11) is 0. The van der Waals surface area contributed by atoms with E-state index in [4.69, 9.17) is 4.74 Å². The van der Waals surface area contributed by atoms with Gasteiger partial charge in [-0.2, -0.15) is 0 Å². The van der Waals surface area contributed by atoms with Gasteiger partial charge in [-0.3, -0.25) is 9.59 Å². The van der Waals surface area contributed by atoms with Crippen molar-refractivity contribution >= 4 is 11.8 Å². The fourth-order valence-electron chi connectivity index (χ4n) is 2.62. The Morgan fingerprint density at radius 2 is 2.05 bits per heavy atom. The second kappa shape index (κ2) is 7.82. The minimum Gasteiger partial charge on any atom is -0.484 e. The SMILES string of the molecule is CC(=O)N1CCC(CNC(=O)COc2cccc(C)c2)CC1. The zero-order chi connectivity index (χ0) is 15.9. The van der Waals surface area contributed by atoms with Crippen LogP contribution >= 0.6 is 0 Å². The van der Waals surface area contributed by atoms with Gasteiger partial charge < -0.3 is 15.0 Å². The smallest absolute Gasteiger partial charge is 0.257 e. The van der Waals surface area contributed by atoms with Gasteiger partial charge >= 0.3 is 0 Å². The van der Waals surface area contributed by atoms with Gasteiger partial charge in [-0.15, -0.1) is 0 Å². The molecule has 0 aromatic heterocycles. The van der Waals surface area contributed by atoms with Gasteiger partial charge in [0.05, 0.1) is 0 Å². The summed E-state index contributed by atoms with van der Waals surface area (Å²) in [6.45, 7) is 5.86. The van der Waals surface area contributed by atoms with Crippen LogP contribution in [0.5, 0.6) is 5.75 Å². The summed E-state index contributed by atoms with van der Waals surface area (Å²) in [5.41, 5.74) is 1.11. The second-order valence-corrected chi connectivity index (χ2v) is 5.86. The van der Waals surface area contributed by atoms with Crippen LogP contribution in [0.25, 0.3) is 0 Å². The maximum Gasteiger partial charge on any atom is 0.257 e. The van der Waals surface area contributed by atoms with Crippen molar-refractivity contribution in [3.63, 3.8) is 0 Å². The standard InChI is InChI=1S/C17H24N2O3/c1-13-4-3-5-16(10-13)22-12-17(21)18-11-15-6-8-19(9-7-15)14(2)20/h3-5,10,15H,6-9,11-12H2,1-2H3,(H,18,21). The Morgan fingerprint density at radius 3 is 2.68 bits per heavy atom. The fraction of sp³-hybridized carbons (Fsp3) is 0.529. The molecule has 5 nitrogen and oxygen atoms in total. The Labute approximate surface area is 131 Å². The van der Waals surface area contributed by atoms with Crippen LogP contribution in [0.4, 0.5) is 0 Å². The Kier molecular flexibility index (Phi) is 5.81. The van der Waals surface area contributed by atoms with E-state index < -0.39 is 0 Å². The summed E-state index contributed by atoms with van der Waals surface area (Å²) >= 11 is 0. The largest absolute Gasteiger partial charge is 0.484 e. The van der Waals surface area contributed by atoms with E-state index in [0.29, 0.717) is 18.2 Å². The molecule has 120 valence electrons. The molecule has 5 heteroatoms. The van der Waals surface area contributed by atoms with E-state index in [0.717, 1.165) is 31.5 Å². The Hall–Kier alpha value is -2.04. The number of carbonyl (C=O) groups excluding carboxylic acids is 2. The van der Waals surface area contributed by atoms with Crippen LogP contribution in [-0.4, -0.2) is 43.0 Å². The van der Waals surface area contributed by atoms with Crippen molar-refractivity contribution in [1.82, 2.24) is 10.2 Å². The molecule has 1 heterocycles. The van der Waals surface area contributed by atoms with Gasteiger partial charge in [-0.25, -0.2) is 0 Å². The number of amides is 2. The maximum atomic E-state index is 11.8. The molecule has 1 fully saturated rings. The van der Waals surface area contributed by atoms with Crippen LogP contribution in [0.3, 0.4) is 0 Å². The number of nitrogens with one attached hydrogen (secondary N) is 1. The van der Waals surface area contributed by atoms with Gasteiger partial charge in [0, 0.05) is 26.6 Å². The first kappa shape index (κ1) is 16.3. The molecular formula is C17H24N2O3. The predicted molar refractivity (Wildman–Crippen MR) is 84.7 cm³/mol. The average Bonchev–Trinajstić information content (AvgIpc) is 2.51. The zero-order valence-electron chi connectivity index (χ0n) is 13.3. The lowest BCUT2D eigenvalue weighted by atomic mass is 9.97. The monoisotopic (exact) mass is 304 g/mol. The molecule has 0 radical (unpaired) electrons. The Balaban J connectivity index is 1.65. The average molecular weight is 304 g/mol. The van der Waals surface area contributed by atoms with Gasteiger partial charge in [-0.05, 0) is 43.4 Å². The fourth-order valence-corrected chi connectivity index (χ4v) is 2.62. The molecule has 1 aliphatic rings. The topological polar surface area (TPSA) is 58.6 Å². The van der Waals surface area contributed by atoms with Gasteiger partial charge in [0.1, 0.15) is 5.75 Å². The minimum atomic E-state index is -0.101. The van der Waals surface area contributed by atoms with Crippen molar-refractivity contribution in [3.05, 3.63) is 29.8 Å². The van der Waals surface area contributed by atoms with Crippen LogP contribution in [0, 0.1) is 12.8 Å². The number of aryl methyl sites for hydroxylation is 1. The minimum absolute atomic E-state index is 0.0374. The molecule has 0 aliphatic carbocycles. The van der Waals surface area contributed by atoms with E-state index in [1.165, 1.54) is 0 Å². The summed E-state index contributed by atoms with van der Waals surface area (Å²) in [6.07, 6.45) is 1.89. The highest BCUT2D eigenvalue weighted by atomic mass is 16.5. The van der Waals surface area contributed by atoms with Crippen LogP contribution in [0.1, 0.15) is 25.3 Å². The molecule has 1 saturated heterocycles. The number of nitrogens with zero attached hydrogens (tertiary/aromatic N) is 1. The molecule has 1 aromatic rings. The molecular weight excluding hydrogens is 280 g/mol. The first-order valence-electron chi connectivity index (χ1n) is 7.76. The van der Waals surface area contributed by atoms with E-state index in [1.54, 1.807) is 6.92 Å². The Bertz CT molecular complexity index is 522. The van der Waals surface area contributed by atoms with Gasteiger partial charge in [0.15, 0.2) is 6.61 Å². The molecule has 0 saturated carbocycles. The second-order valence-electron chi connectivity index (χ2n) is 5.86. The summed E-state index contributed by atoms with van der Waals surface area (Å²) in [5, 5.41) is 2.91. The van der Waals surface area contributed by atoms with Crippen molar-refractivity contribution < 1.29 is 14.3 Å². The highest BCUT2D eigenvalue weighted by molar-refractivity contribution is 5.77. The van der Waals surface area contributed by atoms with Crippen molar-refractivity contribution in [2.24, 2.45) is 5.92 Å². The number of hydrogen-bond acceptors (Lipinski definition) is 3. The number of hydrogen-bond donors (Lipinski definition) is 1. The number of likely N-dealkylation sites (tertiary alicyclic amines) is 1. The van der Waals surface area contributed by atoms with Crippen molar-refractivity contribution in [1.29, 1.82) is 0 Å². The maximum absolute atomic E-state index is 11.8. The first-order valence-corrected chi connectivity index (χ1v) is 7.76. The molecule has 1 aromatic carbocycles. The molecule has 2 amide bonds. The molecule has 1 aliphatic heterocycles. The van der Waals surface area contributed by atoms with Crippen LogP contribution in [0.15, 0.2) is 24.3 Å². The third-order valence-corrected chi connectivity index (χ3v) is 4.01. The number of ether oxygens (including phenoxy) is 1. The van der Waals surface area contributed by atoms with Crippen LogP contribution in [-0.2, 0) is 9.59 Å². The molecule has 0 unspecified atom stereocenters. The lowest BCUT2D eigenvalue weighted by Crippen LogP contribution is -2.41. The van der Waals surface area contributed by atoms with E-state index in [1.807, 2.05) is 36.1 Å². The van der Waals surface area contributed by atoms with E-state index in [9.17, 15) is 9.59 Å². The Morgan fingerprint density at radius 1 is 1.32 bits per heavy atom. The molecule has 22 heavy (non-hydrogen) atoms. The van der Waals surface area contributed by atoms with Crippen molar-refractivity contribution in [2.45, 2.75) is 26.7 Å². The van der Waals surface area contributed by atoms with Crippen LogP contribution < -0.4 is 10.1 Å². The molecule has 0 spiro atoms. The van der Waals surface area contributed by atoms with E-state index >= 15 is 0 Å². The van der Waals surface area contributed by atoms with Crippen molar-refractivity contribution in [3.8, 4) is 5.75 Å². The molecule has 0 atom stereocenters. The summed E-state index contributed by atoms with van der Waals surface area (Å²) in [6, 6.07) is 7.65. The zero-order valence-corrected chi connectivity index (χ0v) is 13.3. The molecule has 1 N–H and O–H groups in total. The summed E-state index contributed by atoms with van der Waals surface area (Å²) in [4.78, 5) is 24.9. The quantitative estimate of drug-likeness (QED) is 0.901. The third-order valence-electron chi connectivity index (χ3n) is 4.01. The predicted octanol–water partition coefficient (Wildman–Crippen LogP) is 1.75. The van der Waals surface area contributed by atoms with Gasteiger partial charge in [-0.1, -0.05) is 12.1 Å². The number of benzene rings is 1. The summed E-state index contributed by atoms with van der Waals surface area (Å²) in [5.74, 6) is 1.19. The molecule has 2 rings (SSSR count). The molecule has 0 bridgehead atoms. The van der Waals surface area contributed by atoms with Crippen molar-refractivity contribution in [2.75, 3.05) is 26.2 Å². The first-order chi connectivity index (χ1) is 10.5. The van der Waals surface area contributed by atoms with Gasteiger partial charge in [0.2, 0.25) is 5.91 Å². The van der Waals surface area contributed by atoms with E-state index in [2.05, 4.69) is 5.32 Å². The highest BCUT2D eigenvalue weighted by Gasteiger charge is 2.20. The third kappa shape index (κ3) is 5.06. The van der Waals surface area contributed by atoms with E-state index in [-0.39, 0.29) is 18.4 Å². The normalized spacial score (nSPS) is 15.5. The number of carbonyl (C=O) groups is 2. The lowest BCUT2D eigenvalue weighted by Gasteiger charge is -2.31. The highest BCUT2D eigenvalue weighted by Crippen LogP contribution is 2.16. The lowest BCUT2D eigenvalue weighted by molar-refractivity contribution is -0.130. The van der Waals surface area contributed by atoms with Gasteiger partial charge in [0.25, 0.3) is 5.91 Å². The summed E-state index contributed by atoms with van der Waals surface area (Å²) < 4.78 is 5.47.